The zero-order valence-electron chi connectivity index (χ0n) is 10.4. The Labute approximate surface area is 134 Å². The summed E-state index contributed by atoms with van der Waals surface area (Å²) in [5.74, 6) is -1.22. The van der Waals surface area contributed by atoms with E-state index in [2.05, 4.69) is 9.71 Å². The van der Waals surface area contributed by atoms with Crippen LogP contribution in [0.15, 0.2) is 22.5 Å². The van der Waals surface area contributed by atoms with Crippen LogP contribution in [0, 0.1) is 6.92 Å². The molecule has 2 rings (SSSR count). The van der Waals surface area contributed by atoms with E-state index in [0.717, 1.165) is 23.5 Å². The van der Waals surface area contributed by atoms with E-state index in [-0.39, 0.29) is 25.5 Å². The number of anilines is 1. The lowest BCUT2D eigenvalue weighted by Crippen LogP contribution is -2.12. The monoisotopic (exact) mass is 366 g/mol. The van der Waals surface area contributed by atoms with E-state index >= 15 is 0 Å². The van der Waals surface area contributed by atoms with Crippen molar-refractivity contribution >= 4 is 56.2 Å². The van der Waals surface area contributed by atoms with Gasteiger partial charge in [-0.2, -0.15) is 0 Å². The van der Waals surface area contributed by atoms with Crippen LogP contribution in [-0.4, -0.2) is 24.5 Å². The number of hydrogen-bond donors (Lipinski definition) is 2. The van der Waals surface area contributed by atoms with E-state index in [1.165, 1.54) is 6.20 Å². The maximum absolute atomic E-state index is 12.2. The van der Waals surface area contributed by atoms with Crippen molar-refractivity contribution in [2.24, 2.45) is 0 Å². The van der Waals surface area contributed by atoms with Gasteiger partial charge < -0.3 is 5.11 Å². The Morgan fingerprint density at radius 3 is 2.33 bits per heavy atom. The zero-order chi connectivity index (χ0) is 15.8. The molecule has 0 saturated carbocycles. The van der Waals surface area contributed by atoms with Gasteiger partial charge >= 0.3 is 5.97 Å². The maximum atomic E-state index is 12.2. The van der Waals surface area contributed by atoms with E-state index in [9.17, 15) is 13.2 Å². The van der Waals surface area contributed by atoms with Crippen molar-refractivity contribution < 1.29 is 18.3 Å². The highest BCUT2D eigenvalue weighted by Gasteiger charge is 2.21. The van der Waals surface area contributed by atoms with Gasteiger partial charge in [0.25, 0.3) is 10.0 Å². The van der Waals surface area contributed by atoms with Gasteiger partial charge in [-0.1, -0.05) is 23.2 Å². The quantitative estimate of drug-likeness (QED) is 0.865. The number of nitrogens with zero attached hydrogens (tertiary/aromatic N) is 1. The fourth-order valence-electron chi connectivity index (χ4n) is 1.44. The molecule has 0 amide bonds. The molecule has 6 nitrogen and oxygen atoms in total. The van der Waals surface area contributed by atoms with Crippen LogP contribution in [0.3, 0.4) is 0 Å². The third-order valence-corrected chi connectivity index (χ3v) is 5.71. The van der Waals surface area contributed by atoms with E-state index in [4.69, 9.17) is 28.3 Å². The minimum atomic E-state index is -3.88. The molecule has 1 aromatic heterocycles. The number of thiazole rings is 1. The van der Waals surface area contributed by atoms with E-state index < -0.39 is 16.0 Å². The van der Waals surface area contributed by atoms with E-state index in [1.807, 2.05) is 0 Å². The molecule has 0 spiro atoms. The van der Waals surface area contributed by atoms with Gasteiger partial charge in [0.1, 0.15) is 0 Å². The number of carboxylic acid groups (broad SMARTS) is 1. The van der Waals surface area contributed by atoms with Crippen LogP contribution in [0.4, 0.5) is 5.69 Å². The zero-order valence-corrected chi connectivity index (χ0v) is 13.6. The number of aromatic carboxylic acids is 1. The van der Waals surface area contributed by atoms with Crippen molar-refractivity contribution in [1.82, 2.24) is 4.98 Å². The molecule has 0 aliphatic heterocycles. The van der Waals surface area contributed by atoms with Gasteiger partial charge in [-0.15, -0.1) is 11.3 Å². The number of halogens is 2. The molecule has 0 aliphatic carbocycles. The first-order valence-electron chi connectivity index (χ1n) is 5.38. The molecule has 0 saturated heterocycles. The lowest BCUT2D eigenvalue weighted by molar-refractivity contribution is 0.0697. The van der Waals surface area contributed by atoms with Gasteiger partial charge in [0.15, 0.2) is 4.21 Å². The minimum absolute atomic E-state index is 0.00874. The summed E-state index contributed by atoms with van der Waals surface area (Å²) in [6.45, 7) is 1.67. The summed E-state index contributed by atoms with van der Waals surface area (Å²) in [5.41, 5.74) is -0.212. The Balaban J connectivity index is 2.42. The lowest BCUT2D eigenvalue weighted by atomic mass is 10.2. The SMILES string of the molecule is Cc1ncc(S(=O)(=O)Nc2c(Cl)cc(C(=O)O)cc2Cl)s1. The van der Waals surface area contributed by atoms with Crippen LogP contribution in [-0.2, 0) is 10.0 Å². The number of hydrogen-bond acceptors (Lipinski definition) is 5. The molecule has 1 aromatic carbocycles. The Bertz CT molecular complexity index is 794. The molecule has 1 heterocycles. The second-order valence-electron chi connectivity index (χ2n) is 3.92. The fraction of sp³-hybridized carbons (Fsp3) is 0.0909. The van der Waals surface area contributed by atoms with Crippen molar-refractivity contribution in [2.75, 3.05) is 4.72 Å². The maximum Gasteiger partial charge on any atom is 0.335 e. The highest BCUT2D eigenvalue weighted by atomic mass is 35.5. The number of carboxylic acids is 1. The van der Waals surface area contributed by atoms with Crippen molar-refractivity contribution in [3.05, 3.63) is 38.9 Å². The number of benzene rings is 1. The summed E-state index contributed by atoms with van der Waals surface area (Å²) in [6.07, 6.45) is 1.22. The number of aryl methyl sites for hydroxylation is 1. The first kappa shape index (κ1) is 16.0. The molecule has 0 fully saturated rings. The third kappa shape index (κ3) is 3.46. The van der Waals surface area contributed by atoms with Crippen LogP contribution < -0.4 is 4.72 Å². The van der Waals surface area contributed by atoms with Crippen LogP contribution >= 0.6 is 34.5 Å². The predicted molar refractivity (Wildman–Crippen MR) is 81.1 cm³/mol. The van der Waals surface area contributed by atoms with Gasteiger partial charge in [-0.25, -0.2) is 18.2 Å². The van der Waals surface area contributed by atoms with E-state index in [1.54, 1.807) is 6.92 Å². The number of nitrogens with one attached hydrogen (secondary N) is 1. The molecular weight excluding hydrogens is 359 g/mol. The number of carbonyl (C=O) groups is 1. The minimum Gasteiger partial charge on any atom is -0.478 e. The number of aromatic nitrogens is 1. The Morgan fingerprint density at radius 1 is 1.33 bits per heavy atom. The van der Waals surface area contributed by atoms with Gasteiger partial charge in [-0.05, 0) is 19.1 Å². The second kappa shape index (κ2) is 5.80. The Kier molecular flexibility index (Phi) is 4.43. The summed E-state index contributed by atoms with van der Waals surface area (Å²) < 4.78 is 26.6. The average molecular weight is 367 g/mol. The Morgan fingerprint density at radius 2 is 1.90 bits per heavy atom. The smallest absolute Gasteiger partial charge is 0.335 e. The molecule has 2 N–H and O–H groups in total. The number of rotatable bonds is 4. The molecule has 0 radical (unpaired) electrons. The molecule has 2 aromatic rings. The van der Waals surface area contributed by atoms with Gasteiger partial charge in [0.2, 0.25) is 0 Å². The highest BCUT2D eigenvalue weighted by molar-refractivity contribution is 7.94. The molecule has 0 unspecified atom stereocenters. The number of sulfonamides is 1. The molecular formula is C11H8Cl2N2O4S2. The van der Waals surface area contributed by atoms with Gasteiger partial charge in [0, 0.05) is 0 Å². The van der Waals surface area contributed by atoms with Crippen LogP contribution in [0.2, 0.25) is 10.0 Å². The third-order valence-electron chi connectivity index (χ3n) is 2.39. The van der Waals surface area contributed by atoms with Crippen molar-refractivity contribution in [3.8, 4) is 0 Å². The van der Waals surface area contributed by atoms with E-state index in [0.29, 0.717) is 5.01 Å². The summed E-state index contributed by atoms with van der Waals surface area (Å²) >= 11 is 12.8. The fourth-order valence-corrected chi connectivity index (χ4v) is 4.35. The molecule has 21 heavy (non-hydrogen) atoms. The lowest BCUT2D eigenvalue weighted by Gasteiger charge is -2.10. The summed E-state index contributed by atoms with van der Waals surface area (Å²) in [6, 6.07) is 2.23. The average Bonchev–Trinajstić information content (AvgIpc) is 2.81. The first-order chi connectivity index (χ1) is 9.70. The predicted octanol–water partition coefficient (Wildman–Crippen LogP) is 3.26. The van der Waals surface area contributed by atoms with Crippen LogP contribution in [0.25, 0.3) is 0 Å². The largest absolute Gasteiger partial charge is 0.478 e. The molecule has 10 heteroatoms. The van der Waals surface area contributed by atoms with Crippen LogP contribution in [0.5, 0.6) is 0 Å². The topological polar surface area (TPSA) is 96.4 Å². The molecule has 0 aliphatic rings. The first-order valence-corrected chi connectivity index (χ1v) is 8.44. The van der Waals surface area contributed by atoms with Crippen molar-refractivity contribution in [2.45, 2.75) is 11.1 Å². The Hall–Kier alpha value is -1.35. The summed E-state index contributed by atoms with van der Waals surface area (Å²) in [7, 11) is -3.88. The molecule has 112 valence electrons. The summed E-state index contributed by atoms with van der Waals surface area (Å²) in [4.78, 5) is 14.7. The molecule has 0 bridgehead atoms. The molecule has 0 atom stereocenters. The second-order valence-corrected chi connectivity index (χ2v) is 7.88. The standard InChI is InChI=1S/C11H8Cl2N2O4S2/c1-5-14-4-9(20-5)21(18,19)15-10-7(12)2-6(11(16)17)3-8(10)13/h2-4,15H,1H3,(H,16,17). The highest BCUT2D eigenvalue weighted by Crippen LogP contribution is 2.34. The normalized spacial score (nSPS) is 11.4. The summed E-state index contributed by atoms with van der Waals surface area (Å²) in [5, 5.41) is 9.25. The van der Waals surface area contributed by atoms with Gasteiger partial charge in [-0.3, -0.25) is 4.72 Å². The van der Waals surface area contributed by atoms with Crippen molar-refractivity contribution in [1.29, 1.82) is 0 Å². The van der Waals surface area contributed by atoms with Gasteiger partial charge in [0.05, 0.1) is 32.5 Å². The van der Waals surface area contributed by atoms with Crippen molar-refractivity contribution in [3.63, 3.8) is 0 Å². The van der Waals surface area contributed by atoms with Crippen LogP contribution in [0.1, 0.15) is 15.4 Å².